The first-order chi connectivity index (χ1) is 10.8. The standard InChI is InChI=1S/C17H19NO3S/c1-2-14-8-16(21-18-14)17-11-20-15(12-22-17)10-19-9-13-6-4-3-5-7-13/h1,3-7,15-17H,8-12H2. The van der Waals surface area contributed by atoms with E-state index in [1.165, 1.54) is 5.56 Å². The Balaban J connectivity index is 1.35. The Morgan fingerprint density at radius 3 is 2.91 bits per heavy atom. The number of terminal acetylenes is 1. The molecule has 0 aliphatic carbocycles. The summed E-state index contributed by atoms with van der Waals surface area (Å²) in [5, 5.41) is 4.19. The third kappa shape index (κ3) is 4.04. The normalized spacial score (nSPS) is 27.8. The van der Waals surface area contributed by atoms with E-state index in [0.29, 0.717) is 37.2 Å². The van der Waals surface area contributed by atoms with E-state index < -0.39 is 0 Å². The molecule has 1 aromatic carbocycles. The van der Waals surface area contributed by atoms with Crippen LogP contribution in [0.25, 0.3) is 0 Å². The zero-order chi connectivity index (χ0) is 15.2. The average molecular weight is 317 g/mol. The molecular weight excluding hydrogens is 298 g/mol. The molecule has 0 N–H and O–H groups in total. The molecule has 5 heteroatoms. The monoisotopic (exact) mass is 317 g/mol. The third-order valence-electron chi connectivity index (χ3n) is 3.68. The quantitative estimate of drug-likeness (QED) is 0.782. The van der Waals surface area contributed by atoms with Crippen molar-refractivity contribution >= 4 is 17.5 Å². The lowest BCUT2D eigenvalue weighted by molar-refractivity contribution is -0.0281. The molecule has 4 nitrogen and oxygen atoms in total. The highest BCUT2D eigenvalue weighted by molar-refractivity contribution is 8.00. The van der Waals surface area contributed by atoms with Crippen molar-refractivity contribution in [3.63, 3.8) is 0 Å². The van der Waals surface area contributed by atoms with Crippen LogP contribution in [0.2, 0.25) is 0 Å². The Morgan fingerprint density at radius 1 is 1.36 bits per heavy atom. The van der Waals surface area contributed by atoms with Gasteiger partial charge in [0.15, 0.2) is 0 Å². The number of rotatable bonds is 5. The van der Waals surface area contributed by atoms with Gasteiger partial charge < -0.3 is 14.3 Å². The fourth-order valence-corrected chi connectivity index (χ4v) is 3.62. The average Bonchev–Trinajstić information content (AvgIpc) is 3.06. The largest absolute Gasteiger partial charge is 0.390 e. The molecule has 0 aromatic heterocycles. The second-order valence-electron chi connectivity index (χ2n) is 5.36. The zero-order valence-electron chi connectivity index (χ0n) is 12.3. The molecular formula is C17H19NO3S. The molecule has 2 aliphatic rings. The van der Waals surface area contributed by atoms with Gasteiger partial charge in [-0.3, -0.25) is 0 Å². The van der Waals surface area contributed by atoms with Gasteiger partial charge >= 0.3 is 0 Å². The number of hydrogen-bond donors (Lipinski definition) is 0. The first-order valence-electron chi connectivity index (χ1n) is 7.39. The molecule has 0 bridgehead atoms. The predicted octanol–water partition coefficient (Wildman–Crippen LogP) is 2.48. The van der Waals surface area contributed by atoms with Crippen molar-refractivity contribution < 1.29 is 14.3 Å². The number of nitrogens with zero attached hydrogens (tertiary/aromatic N) is 1. The Hall–Kier alpha value is -1.48. The summed E-state index contributed by atoms with van der Waals surface area (Å²) in [6.07, 6.45) is 6.23. The van der Waals surface area contributed by atoms with Crippen molar-refractivity contribution in [1.82, 2.24) is 0 Å². The fraction of sp³-hybridized carbons (Fsp3) is 0.471. The molecule has 0 saturated carbocycles. The van der Waals surface area contributed by atoms with Crippen LogP contribution in [-0.4, -0.2) is 42.1 Å². The summed E-state index contributed by atoms with van der Waals surface area (Å²) < 4.78 is 11.6. The molecule has 2 heterocycles. The van der Waals surface area contributed by atoms with Gasteiger partial charge in [-0.1, -0.05) is 41.4 Å². The van der Waals surface area contributed by atoms with Crippen LogP contribution in [0.5, 0.6) is 0 Å². The smallest absolute Gasteiger partial charge is 0.147 e. The maximum Gasteiger partial charge on any atom is 0.147 e. The van der Waals surface area contributed by atoms with E-state index in [0.717, 1.165) is 5.75 Å². The van der Waals surface area contributed by atoms with E-state index in [1.54, 1.807) is 0 Å². The molecule has 3 atom stereocenters. The number of ether oxygens (including phenoxy) is 2. The van der Waals surface area contributed by atoms with Crippen molar-refractivity contribution in [1.29, 1.82) is 0 Å². The van der Waals surface area contributed by atoms with Gasteiger partial charge in [0, 0.05) is 12.2 Å². The molecule has 1 saturated heterocycles. The summed E-state index contributed by atoms with van der Waals surface area (Å²) in [6.45, 7) is 1.90. The highest BCUT2D eigenvalue weighted by Gasteiger charge is 2.33. The lowest BCUT2D eigenvalue weighted by Gasteiger charge is -2.30. The minimum Gasteiger partial charge on any atom is -0.390 e. The molecule has 3 unspecified atom stereocenters. The van der Waals surface area contributed by atoms with E-state index >= 15 is 0 Å². The van der Waals surface area contributed by atoms with Crippen LogP contribution in [-0.2, 0) is 20.9 Å². The van der Waals surface area contributed by atoms with Crippen LogP contribution in [0.15, 0.2) is 35.5 Å². The second kappa shape index (κ2) is 7.68. The van der Waals surface area contributed by atoms with E-state index in [2.05, 4.69) is 23.2 Å². The summed E-state index contributed by atoms with van der Waals surface area (Å²) in [7, 11) is 0. The van der Waals surface area contributed by atoms with Gasteiger partial charge in [0.2, 0.25) is 0 Å². The van der Waals surface area contributed by atoms with Gasteiger partial charge in [-0.2, -0.15) is 0 Å². The number of thioether (sulfide) groups is 1. The Labute approximate surface area is 135 Å². The van der Waals surface area contributed by atoms with Crippen LogP contribution in [0, 0.1) is 12.3 Å². The highest BCUT2D eigenvalue weighted by atomic mass is 32.2. The molecule has 2 aliphatic heterocycles. The lowest BCUT2D eigenvalue weighted by atomic mass is 10.1. The summed E-state index contributed by atoms with van der Waals surface area (Å²) in [6, 6.07) is 10.2. The minimum atomic E-state index is 0.0437. The Kier molecular flexibility index (Phi) is 5.38. The molecule has 116 valence electrons. The maximum absolute atomic E-state index is 5.88. The summed E-state index contributed by atoms with van der Waals surface area (Å²) in [5.74, 6) is 3.45. The third-order valence-corrected chi connectivity index (χ3v) is 5.11. The first kappa shape index (κ1) is 15.4. The van der Waals surface area contributed by atoms with E-state index in [9.17, 15) is 0 Å². The van der Waals surface area contributed by atoms with Crippen LogP contribution < -0.4 is 0 Å². The van der Waals surface area contributed by atoms with Crippen LogP contribution in [0.3, 0.4) is 0 Å². The van der Waals surface area contributed by atoms with Crippen molar-refractivity contribution in [2.24, 2.45) is 5.16 Å². The van der Waals surface area contributed by atoms with Crippen molar-refractivity contribution in [2.45, 2.75) is 30.5 Å². The highest BCUT2D eigenvalue weighted by Crippen LogP contribution is 2.29. The number of hydrogen-bond acceptors (Lipinski definition) is 5. The first-order valence-corrected chi connectivity index (χ1v) is 8.44. The van der Waals surface area contributed by atoms with Gasteiger partial charge in [0.1, 0.15) is 11.8 Å². The second-order valence-corrected chi connectivity index (χ2v) is 6.63. The van der Waals surface area contributed by atoms with Gasteiger partial charge in [-0.25, -0.2) is 0 Å². The Bertz CT molecular complexity index is 547. The topological polar surface area (TPSA) is 40.0 Å². The predicted molar refractivity (Wildman–Crippen MR) is 87.8 cm³/mol. The molecule has 22 heavy (non-hydrogen) atoms. The molecule has 0 amide bonds. The zero-order valence-corrected chi connectivity index (χ0v) is 13.1. The van der Waals surface area contributed by atoms with Crippen molar-refractivity contribution in [3.05, 3.63) is 35.9 Å². The number of benzene rings is 1. The SMILES string of the molecule is C#CC1=NOC(C2COC(COCc3ccccc3)CS2)C1. The van der Waals surface area contributed by atoms with Gasteiger partial charge in [-0.15, -0.1) is 18.2 Å². The molecule has 1 aromatic rings. The minimum absolute atomic E-state index is 0.0437. The molecule has 1 fully saturated rings. The van der Waals surface area contributed by atoms with Crippen molar-refractivity contribution in [2.75, 3.05) is 19.0 Å². The van der Waals surface area contributed by atoms with Crippen molar-refractivity contribution in [3.8, 4) is 12.3 Å². The Morgan fingerprint density at radius 2 is 2.23 bits per heavy atom. The van der Waals surface area contributed by atoms with Gasteiger partial charge in [0.05, 0.1) is 31.2 Å². The van der Waals surface area contributed by atoms with Crippen LogP contribution in [0.4, 0.5) is 0 Å². The van der Waals surface area contributed by atoms with Crippen LogP contribution >= 0.6 is 11.8 Å². The lowest BCUT2D eigenvalue weighted by Crippen LogP contribution is -2.38. The summed E-state index contributed by atoms with van der Waals surface area (Å²) >= 11 is 1.86. The molecule has 3 rings (SSSR count). The van der Waals surface area contributed by atoms with E-state index in [1.807, 2.05) is 30.0 Å². The van der Waals surface area contributed by atoms with E-state index in [-0.39, 0.29) is 12.2 Å². The number of oxime groups is 1. The van der Waals surface area contributed by atoms with Gasteiger partial charge in [-0.05, 0) is 5.56 Å². The maximum atomic E-state index is 5.88. The molecule has 0 spiro atoms. The fourth-order valence-electron chi connectivity index (χ4n) is 2.43. The van der Waals surface area contributed by atoms with Gasteiger partial charge in [0.25, 0.3) is 0 Å². The van der Waals surface area contributed by atoms with E-state index in [4.69, 9.17) is 20.7 Å². The molecule has 0 radical (unpaired) electrons. The summed E-state index contributed by atoms with van der Waals surface area (Å²) in [4.78, 5) is 5.38. The van der Waals surface area contributed by atoms with Crippen LogP contribution in [0.1, 0.15) is 12.0 Å². The summed E-state index contributed by atoms with van der Waals surface area (Å²) in [5.41, 5.74) is 1.88.